The van der Waals surface area contributed by atoms with Gasteiger partial charge in [0.15, 0.2) is 0 Å². The van der Waals surface area contributed by atoms with Crippen molar-refractivity contribution in [3.63, 3.8) is 0 Å². The zero-order valence-electron chi connectivity index (χ0n) is 11.7. The first kappa shape index (κ1) is 17.4. The largest absolute Gasteiger partial charge is 0.508 e. The summed E-state index contributed by atoms with van der Waals surface area (Å²) >= 11 is 0. The molecule has 1 aromatic carbocycles. The molecule has 0 bridgehead atoms. The quantitative estimate of drug-likeness (QED) is 0.442. The number of nitrogens with two attached hydrogens (primary N) is 1. The third-order valence-corrected chi connectivity index (χ3v) is 3.00. The molecule has 2 atom stereocenters. The number of amides is 1. The van der Waals surface area contributed by atoms with Gasteiger partial charge in [0.2, 0.25) is 5.91 Å². The number of hydrogen-bond donors (Lipinski definition) is 5. The smallest absolute Gasteiger partial charge is 0.326 e. The lowest BCUT2D eigenvalue weighted by Gasteiger charge is -2.17. The first-order chi connectivity index (χ1) is 10.3. The second kappa shape index (κ2) is 7.99. The third kappa shape index (κ3) is 5.80. The maximum atomic E-state index is 11.8. The van der Waals surface area contributed by atoms with Crippen molar-refractivity contribution in [2.45, 2.75) is 31.3 Å². The highest BCUT2D eigenvalue weighted by Crippen LogP contribution is 2.11. The molecule has 120 valence electrons. The Morgan fingerprint density at radius 2 is 1.73 bits per heavy atom. The summed E-state index contributed by atoms with van der Waals surface area (Å²) in [4.78, 5) is 33.4. The fraction of sp³-hybridized carbons (Fsp3) is 0.357. The molecule has 8 nitrogen and oxygen atoms in total. The molecule has 8 heteroatoms. The molecule has 2 unspecified atom stereocenters. The summed E-state index contributed by atoms with van der Waals surface area (Å²) in [5, 5.41) is 29.1. The van der Waals surface area contributed by atoms with Crippen LogP contribution in [0.4, 0.5) is 0 Å². The van der Waals surface area contributed by atoms with Crippen LogP contribution in [0.2, 0.25) is 0 Å². The number of carboxylic acids is 2. The Balaban J connectivity index is 2.63. The Kier molecular flexibility index (Phi) is 6.33. The van der Waals surface area contributed by atoms with Crippen LogP contribution in [0.1, 0.15) is 18.4 Å². The molecule has 1 rings (SSSR count). The van der Waals surface area contributed by atoms with E-state index in [1.807, 2.05) is 0 Å². The summed E-state index contributed by atoms with van der Waals surface area (Å²) in [6, 6.07) is 3.64. The monoisotopic (exact) mass is 310 g/mol. The molecule has 6 N–H and O–H groups in total. The van der Waals surface area contributed by atoms with Crippen LogP contribution in [-0.4, -0.2) is 45.2 Å². The summed E-state index contributed by atoms with van der Waals surface area (Å²) in [7, 11) is 0. The van der Waals surface area contributed by atoms with Crippen molar-refractivity contribution in [2.75, 3.05) is 0 Å². The second-order valence-corrected chi connectivity index (χ2v) is 4.81. The fourth-order valence-electron chi connectivity index (χ4n) is 1.76. The van der Waals surface area contributed by atoms with Crippen LogP contribution in [0.3, 0.4) is 0 Å². The predicted molar refractivity (Wildman–Crippen MR) is 76.2 cm³/mol. The number of hydrogen-bond acceptors (Lipinski definition) is 5. The molecule has 0 saturated carbocycles. The van der Waals surface area contributed by atoms with E-state index in [9.17, 15) is 19.5 Å². The Hall–Kier alpha value is -2.61. The van der Waals surface area contributed by atoms with Crippen LogP contribution in [-0.2, 0) is 20.8 Å². The lowest BCUT2D eigenvalue weighted by atomic mass is 10.0. The molecule has 0 aliphatic carbocycles. The summed E-state index contributed by atoms with van der Waals surface area (Å²) in [6.45, 7) is 0. The van der Waals surface area contributed by atoms with Gasteiger partial charge in [-0.3, -0.25) is 9.59 Å². The van der Waals surface area contributed by atoms with Crippen molar-refractivity contribution >= 4 is 17.8 Å². The Morgan fingerprint density at radius 1 is 1.14 bits per heavy atom. The van der Waals surface area contributed by atoms with E-state index >= 15 is 0 Å². The Morgan fingerprint density at radius 3 is 2.23 bits per heavy atom. The van der Waals surface area contributed by atoms with Gasteiger partial charge in [-0.05, 0) is 24.1 Å². The zero-order chi connectivity index (χ0) is 16.7. The zero-order valence-corrected chi connectivity index (χ0v) is 11.7. The lowest BCUT2D eigenvalue weighted by Crippen LogP contribution is -2.49. The van der Waals surface area contributed by atoms with E-state index in [1.165, 1.54) is 12.1 Å². The van der Waals surface area contributed by atoms with Crippen LogP contribution >= 0.6 is 0 Å². The Bertz CT molecular complexity index is 543. The number of carbonyl (C=O) groups excluding carboxylic acids is 1. The standard InChI is InChI=1S/C14H18N2O6/c15-10(5-6-12(18)19)13(20)16-11(14(21)22)7-8-1-3-9(17)4-2-8/h1-4,10-11,17H,5-7,15H2,(H,16,20)(H,18,19)(H,21,22). The van der Waals surface area contributed by atoms with Gasteiger partial charge in [-0.1, -0.05) is 12.1 Å². The van der Waals surface area contributed by atoms with Crippen LogP contribution in [0.25, 0.3) is 0 Å². The molecule has 1 amide bonds. The van der Waals surface area contributed by atoms with Crippen molar-refractivity contribution in [3.8, 4) is 5.75 Å². The number of aromatic hydroxyl groups is 1. The topological polar surface area (TPSA) is 150 Å². The van der Waals surface area contributed by atoms with E-state index in [1.54, 1.807) is 12.1 Å². The molecule has 1 aromatic rings. The molecular formula is C14H18N2O6. The number of carbonyl (C=O) groups is 3. The van der Waals surface area contributed by atoms with Gasteiger partial charge in [0.1, 0.15) is 11.8 Å². The number of benzene rings is 1. The van der Waals surface area contributed by atoms with E-state index in [4.69, 9.17) is 15.9 Å². The molecule has 0 heterocycles. The van der Waals surface area contributed by atoms with Gasteiger partial charge >= 0.3 is 11.9 Å². The average Bonchev–Trinajstić information content (AvgIpc) is 2.45. The van der Waals surface area contributed by atoms with E-state index in [-0.39, 0.29) is 25.0 Å². The van der Waals surface area contributed by atoms with Crippen molar-refractivity contribution in [1.29, 1.82) is 0 Å². The minimum Gasteiger partial charge on any atom is -0.508 e. The van der Waals surface area contributed by atoms with E-state index < -0.39 is 29.9 Å². The highest BCUT2D eigenvalue weighted by Gasteiger charge is 2.23. The predicted octanol–water partition coefficient (Wildman–Crippen LogP) is -0.304. The van der Waals surface area contributed by atoms with Gasteiger partial charge in [0, 0.05) is 12.8 Å². The number of nitrogens with one attached hydrogen (secondary N) is 1. The molecule has 0 aromatic heterocycles. The number of carboxylic acid groups (broad SMARTS) is 2. The fourth-order valence-corrected chi connectivity index (χ4v) is 1.76. The average molecular weight is 310 g/mol. The maximum absolute atomic E-state index is 11.8. The van der Waals surface area contributed by atoms with Gasteiger partial charge < -0.3 is 26.4 Å². The van der Waals surface area contributed by atoms with E-state index in [0.29, 0.717) is 5.56 Å². The summed E-state index contributed by atoms with van der Waals surface area (Å²) in [6.07, 6.45) is -0.329. The molecule has 0 spiro atoms. The van der Waals surface area contributed by atoms with E-state index in [2.05, 4.69) is 5.32 Å². The van der Waals surface area contributed by atoms with Gasteiger partial charge in [-0.2, -0.15) is 0 Å². The summed E-state index contributed by atoms with van der Waals surface area (Å²) in [5.74, 6) is -2.98. The number of rotatable bonds is 8. The first-order valence-corrected chi connectivity index (χ1v) is 6.58. The van der Waals surface area contributed by atoms with Gasteiger partial charge in [-0.25, -0.2) is 4.79 Å². The lowest BCUT2D eigenvalue weighted by molar-refractivity contribution is -0.142. The van der Waals surface area contributed by atoms with Gasteiger partial charge in [-0.15, -0.1) is 0 Å². The highest BCUT2D eigenvalue weighted by molar-refractivity contribution is 5.87. The van der Waals surface area contributed by atoms with Crippen LogP contribution in [0, 0.1) is 0 Å². The van der Waals surface area contributed by atoms with Crippen LogP contribution in [0.5, 0.6) is 5.75 Å². The third-order valence-electron chi connectivity index (χ3n) is 3.00. The van der Waals surface area contributed by atoms with Crippen molar-refractivity contribution in [3.05, 3.63) is 29.8 Å². The summed E-state index contributed by atoms with van der Waals surface area (Å²) < 4.78 is 0. The van der Waals surface area contributed by atoms with Crippen LogP contribution in [0.15, 0.2) is 24.3 Å². The molecule has 0 aliphatic heterocycles. The molecule has 0 saturated heterocycles. The van der Waals surface area contributed by atoms with Crippen molar-refractivity contribution in [1.82, 2.24) is 5.32 Å². The highest BCUT2D eigenvalue weighted by atomic mass is 16.4. The van der Waals surface area contributed by atoms with E-state index in [0.717, 1.165) is 0 Å². The number of phenols is 1. The molecule has 0 fully saturated rings. The normalized spacial score (nSPS) is 13.1. The molecule has 0 aliphatic rings. The summed E-state index contributed by atoms with van der Waals surface area (Å²) in [5.41, 5.74) is 6.14. The maximum Gasteiger partial charge on any atom is 0.326 e. The van der Waals surface area contributed by atoms with Crippen molar-refractivity contribution < 1.29 is 29.7 Å². The molecule has 22 heavy (non-hydrogen) atoms. The first-order valence-electron chi connectivity index (χ1n) is 6.58. The Labute approximate surface area is 126 Å². The second-order valence-electron chi connectivity index (χ2n) is 4.81. The van der Waals surface area contributed by atoms with Crippen molar-refractivity contribution in [2.24, 2.45) is 5.73 Å². The van der Waals surface area contributed by atoms with Gasteiger partial charge in [0.25, 0.3) is 0 Å². The SMILES string of the molecule is NC(CCC(=O)O)C(=O)NC(Cc1ccc(O)cc1)C(=O)O. The minimum atomic E-state index is -1.23. The number of phenolic OH excluding ortho intramolecular Hbond substituents is 1. The van der Waals surface area contributed by atoms with Gasteiger partial charge in [0.05, 0.1) is 6.04 Å². The molecule has 0 radical (unpaired) electrons. The molecular weight excluding hydrogens is 292 g/mol. The number of aliphatic carboxylic acids is 2. The van der Waals surface area contributed by atoms with Crippen LogP contribution < -0.4 is 11.1 Å². The minimum absolute atomic E-state index is 0.0208.